The van der Waals surface area contributed by atoms with E-state index in [4.69, 9.17) is 0 Å². The number of hydrazine groups is 1. The van der Waals surface area contributed by atoms with Gasteiger partial charge in [0.2, 0.25) is 0 Å². The largest absolute Gasteiger partial charge is 0.310 e. The number of nitrogens with one attached hydrogen (secondary N) is 2. The highest BCUT2D eigenvalue weighted by atomic mass is 32.2. The highest BCUT2D eigenvalue weighted by molar-refractivity contribution is 7.91. The lowest BCUT2D eigenvalue weighted by Crippen LogP contribution is -2.35. The molecule has 1 aromatic heterocycles. The molecule has 0 spiro atoms. The fourth-order valence-corrected chi connectivity index (χ4v) is 3.99. The highest BCUT2D eigenvalue weighted by Crippen LogP contribution is 2.25. The molecule has 1 heterocycles. The van der Waals surface area contributed by atoms with E-state index in [0.29, 0.717) is 16.8 Å². The number of hydrogen-bond donors (Lipinski definition) is 2. The van der Waals surface area contributed by atoms with Gasteiger partial charge in [-0.2, -0.15) is 0 Å². The van der Waals surface area contributed by atoms with Gasteiger partial charge in [-0.15, -0.1) is 16.2 Å². The molecular formula is C11H21N3O2S2. The first-order valence-corrected chi connectivity index (χ1v) is 8.05. The molecule has 18 heavy (non-hydrogen) atoms. The number of thiophene rings is 1. The van der Waals surface area contributed by atoms with Crippen LogP contribution in [-0.4, -0.2) is 33.6 Å². The lowest BCUT2D eigenvalue weighted by Gasteiger charge is -2.10. The van der Waals surface area contributed by atoms with Crippen LogP contribution in [0.2, 0.25) is 0 Å². The van der Waals surface area contributed by atoms with Crippen molar-refractivity contribution in [2.24, 2.45) is 0 Å². The zero-order valence-electron chi connectivity index (χ0n) is 11.4. The Bertz CT molecular complexity index is 492. The van der Waals surface area contributed by atoms with Crippen molar-refractivity contribution in [1.29, 1.82) is 0 Å². The molecule has 1 aromatic rings. The van der Waals surface area contributed by atoms with Crippen LogP contribution in [0.4, 0.5) is 0 Å². The lowest BCUT2D eigenvalue weighted by molar-refractivity contribution is 0.364. The van der Waals surface area contributed by atoms with Crippen molar-refractivity contribution in [3.63, 3.8) is 0 Å². The predicted molar refractivity (Wildman–Crippen MR) is 75.0 cm³/mol. The molecule has 0 unspecified atom stereocenters. The molecular weight excluding hydrogens is 270 g/mol. The van der Waals surface area contributed by atoms with Gasteiger partial charge in [0.25, 0.3) is 10.0 Å². The normalized spacial score (nSPS) is 12.6. The van der Waals surface area contributed by atoms with Gasteiger partial charge in [-0.25, -0.2) is 13.4 Å². The Balaban J connectivity index is 2.90. The summed E-state index contributed by atoms with van der Waals surface area (Å²) in [4.78, 5) is 3.49. The summed E-state index contributed by atoms with van der Waals surface area (Å²) in [6, 6.07) is 2.10. The van der Waals surface area contributed by atoms with Crippen LogP contribution in [0.3, 0.4) is 0 Å². The first kappa shape index (κ1) is 15.6. The van der Waals surface area contributed by atoms with E-state index < -0.39 is 10.0 Å². The number of rotatable bonds is 6. The van der Waals surface area contributed by atoms with Crippen LogP contribution in [0, 0.1) is 6.92 Å². The molecule has 7 heteroatoms. The van der Waals surface area contributed by atoms with Crippen molar-refractivity contribution in [1.82, 2.24) is 15.2 Å². The van der Waals surface area contributed by atoms with Crippen LogP contribution in [0.5, 0.6) is 0 Å². The van der Waals surface area contributed by atoms with E-state index in [2.05, 4.69) is 24.0 Å². The molecule has 5 nitrogen and oxygen atoms in total. The van der Waals surface area contributed by atoms with Gasteiger partial charge in [-0.1, -0.05) is 13.8 Å². The molecule has 0 saturated heterocycles. The van der Waals surface area contributed by atoms with Crippen molar-refractivity contribution in [3.8, 4) is 0 Å². The molecule has 0 radical (unpaired) electrons. The summed E-state index contributed by atoms with van der Waals surface area (Å²) in [7, 11) is -0.129. The Hall–Kier alpha value is -0.470. The number of sulfonamides is 1. The van der Waals surface area contributed by atoms with E-state index >= 15 is 0 Å². The van der Waals surface area contributed by atoms with Gasteiger partial charge in [0.05, 0.1) is 0 Å². The molecule has 0 saturated carbocycles. The second-order valence-electron chi connectivity index (χ2n) is 4.70. The molecule has 0 amide bonds. The Kier molecular flexibility index (Phi) is 5.30. The van der Waals surface area contributed by atoms with Crippen molar-refractivity contribution in [2.45, 2.75) is 37.6 Å². The van der Waals surface area contributed by atoms with Gasteiger partial charge in [-0.3, -0.25) is 0 Å². The van der Waals surface area contributed by atoms with Crippen LogP contribution >= 0.6 is 11.3 Å². The van der Waals surface area contributed by atoms with Gasteiger partial charge in [0.15, 0.2) is 0 Å². The Labute approximate surface area is 113 Å². The minimum Gasteiger partial charge on any atom is -0.310 e. The second kappa shape index (κ2) is 6.12. The Morgan fingerprint density at radius 1 is 1.39 bits per heavy atom. The van der Waals surface area contributed by atoms with Crippen molar-refractivity contribution in [2.75, 3.05) is 14.1 Å². The lowest BCUT2D eigenvalue weighted by atomic mass is 10.3. The highest BCUT2D eigenvalue weighted by Gasteiger charge is 2.19. The smallest absolute Gasteiger partial charge is 0.262 e. The summed E-state index contributed by atoms with van der Waals surface area (Å²) in [5.74, 6) is 0. The molecule has 0 aliphatic rings. The van der Waals surface area contributed by atoms with Crippen molar-refractivity contribution in [3.05, 3.63) is 16.5 Å². The average molecular weight is 291 g/mol. The molecule has 0 bridgehead atoms. The zero-order chi connectivity index (χ0) is 13.9. The van der Waals surface area contributed by atoms with Gasteiger partial charge >= 0.3 is 0 Å². The standard InChI is InChI=1S/C11H21N3O2S2/c1-8(2)12-7-10-9(3)6-11(17-10)18(15,16)13-14(4)5/h6,8,12-13H,7H2,1-5H3. The van der Waals surface area contributed by atoms with Crippen LogP contribution < -0.4 is 10.1 Å². The third-order valence-corrected chi connectivity index (χ3v) is 5.43. The second-order valence-corrected chi connectivity index (χ2v) is 7.72. The molecule has 104 valence electrons. The predicted octanol–water partition coefficient (Wildman–Crippen LogP) is 1.31. The van der Waals surface area contributed by atoms with Crippen LogP contribution in [0.25, 0.3) is 0 Å². The first-order valence-electron chi connectivity index (χ1n) is 5.75. The minimum absolute atomic E-state index is 0.356. The van der Waals surface area contributed by atoms with Crippen molar-refractivity contribution < 1.29 is 8.42 Å². The summed E-state index contributed by atoms with van der Waals surface area (Å²) >= 11 is 1.31. The third kappa shape index (κ3) is 4.33. The molecule has 0 fully saturated rings. The third-order valence-electron chi connectivity index (χ3n) is 2.24. The molecule has 0 atom stereocenters. The number of hydrogen-bond acceptors (Lipinski definition) is 5. The molecule has 0 aliphatic carbocycles. The maximum absolute atomic E-state index is 12.0. The van der Waals surface area contributed by atoms with E-state index in [-0.39, 0.29) is 0 Å². The van der Waals surface area contributed by atoms with Gasteiger partial charge in [0.1, 0.15) is 4.21 Å². The van der Waals surface area contributed by atoms with E-state index in [1.165, 1.54) is 16.3 Å². The molecule has 1 rings (SSSR count). The summed E-state index contributed by atoms with van der Waals surface area (Å²) in [6.45, 7) is 6.76. The quantitative estimate of drug-likeness (QED) is 0.776. The molecule has 0 aromatic carbocycles. The summed E-state index contributed by atoms with van der Waals surface area (Å²) < 4.78 is 24.3. The van der Waals surface area contributed by atoms with E-state index in [1.54, 1.807) is 20.2 Å². The monoisotopic (exact) mass is 291 g/mol. The van der Waals surface area contributed by atoms with Crippen LogP contribution in [-0.2, 0) is 16.6 Å². The van der Waals surface area contributed by atoms with E-state index in [1.807, 2.05) is 6.92 Å². The van der Waals surface area contributed by atoms with E-state index in [9.17, 15) is 8.42 Å². The van der Waals surface area contributed by atoms with Gasteiger partial charge < -0.3 is 5.32 Å². The van der Waals surface area contributed by atoms with Gasteiger partial charge in [0, 0.05) is 31.6 Å². The molecule has 2 N–H and O–H groups in total. The summed E-state index contributed by atoms with van der Waals surface area (Å²) in [5.41, 5.74) is 1.01. The number of nitrogens with zero attached hydrogens (tertiary/aromatic N) is 1. The molecule has 0 aliphatic heterocycles. The SMILES string of the molecule is Cc1cc(S(=O)(=O)NN(C)C)sc1CNC(C)C. The van der Waals surface area contributed by atoms with Crippen molar-refractivity contribution >= 4 is 21.4 Å². The topological polar surface area (TPSA) is 61.4 Å². The Morgan fingerprint density at radius 2 is 2.00 bits per heavy atom. The van der Waals surface area contributed by atoms with E-state index in [0.717, 1.165) is 10.4 Å². The van der Waals surface area contributed by atoms with Crippen LogP contribution in [0.1, 0.15) is 24.3 Å². The summed E-state index contributed by atoms with van der Waals surface area (Å²) in [5, 5.41) is 4.72. The minimum atomic E-state index is -3.43. The zero-order valence-corrected chi connectivity index (χ0v) is 13.1. The first-order chi connectivity index (χ1) is 8.22. The van der Waals surface area contributed by atoms with Gasteiger partial charge in [-0.05, 0) is 18.6 Å². The average Bonchev–Trinajstić information content (AvgIpc) is 2.55. The fraction of sp³-hybridized carbons (Fsp3) is 0.636. The Morgan fingerprint density at radius 3 is 2.50 bits per heavy atom. The summed E-state index contributed by atoms with van der Waals surface area (Å²) in [6.07, 6.45) is 0. The number of aryl methyl sites for hydroxylation is 1. The maximum Gasteiger partial charge on any atom is 0.262 e. The maximum atomic E-state index is 12.0. The fourth-order valence-electron chi connectivity index (χ4n) is 1.38. The van der Waals surface area contributed by atoms with Crippen LogP contribution in [0.15, 0.2) is 10.3 Å².